The van der Waals surface area contributed by atoms with E-state index in [0.717, 1.165) is 0 Å². The number of rotatable bonds is 3. The first-order chi connectivity index (χ1) is 4.76. The summed E-state index contributed by atoms with van der Waals surface area (Å²) < 4.78 is 9.03. The summed E-state index contributed by atoms with van der Waals surface area (Å²) in [6.07, 6.45) is 2.89. The quantitative estimate of drug-likeness (QED) is 0.254. The molecule has 0 atom stereocenters. The molecule has 0 saturated carbocycles. The van der Waals surface area contributed by atoms with Gasteiger partial charge in [-0.25, -0.2) is 4.79 Å². The molecule has 3 heteroatoms. The van der Waals surface area contributed by atoms with Crippen LogP contribution in [0.4, 0.5) is 0 Å². The van der Waals surface area contributed by atoms with E-state index < -0.39 is 5.97 Å². The van der Waals surface area contributed by atoms with Gasteiger partial charge in [0.05, 0.1) is 14.2 Å². The third-order valence-corrected chi connectivity index (χ3v) is 0.876. The van der Waals surface area contributed by atoms with Crippen LogP contribution in [0.1, 0.15) is 0 Å². The van der Waals surface area contributed by atoms with Gasteiger partial charge in [0.15, 0.2) is 0 Å². The number of ether oxygens (including phenoxy) is 2. The smallest absolute Gasteiger partial charge is 0.373 e. The first-order valence-electron chi connectivity index (χ1n) is 2.71. The van der Waals surface area contributed by atoms with Crippen LogP contribution in [-0.4, -0.2) is 20.2 Å². The van der Waals surface area contributed by atoms with Gasteiger partial charge in [0.2, 0.25) is 5.76 Å². The molecule has 0 bridgehead atoms. The van der Waals surface area contributed by atoms with E-state index in [1.54, 1.807) is 0 Å². The van der Waals surface area contributed by atoms with Crippen LogP contribution in [0.3, 0.4) is 0 Å². The molecule has 0 aliphatic rings. The number of carbonyl (C=O) groups is 1. The second-order valence-corrected chi connectivity index (χ2v) is 1.46. The molecule has 0 amide bonds. The van der Waals surface area contributed by atoms with Crippen molar-refractivity contribution in [1.82, 2.24) is 0 Å². The van der Waals surface area contributed by atoms with E-state index in [4.69, 9.17) is 0 Å². The Balaban J connectivity index is 4.19. The lowest BCUT2D eigenvalue weighted by Crippen LogP contribution is -2.05. The van der Waals surface area contributed by atoms with Crippen LogP contribution in [0.25, 0.3) is 0 Å². The van der Waals surface area contributed by atoms with Gasteiger partial charge in [-0.15, -0.1) is 0 Å². The van der Waals surface area contributed by atoms with Gasteiger partial charge in [0, 0.05) is 0 Å². The molecule has 0 aliphatic heterocycles. The minimum Gasteiger partial charge on any atom is -0.490 e. The molecule has 0 aromatic rings. The molecular weight excluding hydrogens is 132 g/mol. The average Bonchev–Trinajstić information content (AvgIpc) is 1.99. The Morgan fingerprint density at radius 2 is 2.00 bits per heavy atom. The molecule has 0 aliphatic carbocycles. The van der Waals surface area contributed by atoms with E-state index in [1.807, 2.05) is 0 Å². The number of hydrogen-bond acceptors (Lipinski definition) is 3. The Hall–Kier alpha value is -1.25. The van der Waals surface area contributed by atoms with Crippen molar-refractivity contribution in [2.45, 2.75) is 0 Å². The highest BCUT2D eigenvalue weighted by Gasteiger charge is 2.06. The lowest BCUT2D eigenvalue weighted by atomic mass is 10.4. The third kappa shape index (κ3) is 2.35. The largest absolute Gasteiger partial charge is 0.490 e. The van der Waals surface area contributed by atoms with Crippen molar-refractivity contribution in [3.05, 3.63) is 24.5 Å². The highest BCUT2D eigenvalue weighted by atomic mass is 16.6. The van der Waals surface area contributed by atoms with E-state index in [-0.39, 0.29) is 5.76 Å². The maximum absolute atomic E-state index is 10.7. The van der Waals surface area contributed by atoms with Gasteiger partial charge in [0.1, 0.15) is 0 Å². The maximum atomic E-state index is 10.7. The summed E-state index contributed by atoms with van der Waals surface area (Å²) >= 11 is 0. The van der Waals surface area contributed by atoms with Gasteiger partial charge in [-0.1, -0.05) is 12.7 Å². The van der Waals surface area contributed by atoms with Crippen molar-refractivity contribution < 1.29 is 14.3 Å². The van der Waals surface area contributed by atoms with Crippen molar-refractivity contribution >= 4 is 5.97 Å². The Morgan fingerprint density at radius 3 is 2.30 bits per heavy atom. The van der Waals surface area contributed by atoms with Crippen LogP contribution in [-0.2, 0) is 14.3 Å². The molecule has 0 aromatic carbocycles. The summed E-state index contributed by atoms with van der Waals surface area (Å²) in [6.45, 7) is 3.40. The van der Waals surface area contributed by atoms with Crippen molar-refractivity contribution in [1.29, 1.82) is 0 Å². The van der Waals surface area contributed by atoms with Crippen LogP contribution < -0.4 is 0 Å². The molecule has 0 radical (unpaired) electrons. The Kier molecular flexibility index (Phi) is 4.04. The van der Waals surface area contributed by atoms with E-state index >= 15 is 0 Å². The standard InChI is InChI=1S/C7H10O3/c1-4-5-6(9-2)7(8)10-3/h4-5H,1H2,2-3H3/b6-5+. The van der Waals surface area contributed by atoms with Crippen molar-refractivity contribution in [3.8, 4) is 0 Å². The lowest BCUT2D eigenvalue weighted by Gasteiger charge is -2.00. The lowest BCUT2D eigenvalue weighted by molar-refractivity contribution is -0.139. The van der Waals surface area contributed by atoms with Crippen LogP contribution in [0, 0.1) is 0 Å². The molecule has 0 aromatic heterocycles. The van der Waals surface area contributed by atoms with Gasteiger partial charge in [0.25, 0.3) is 0 Å². The van der Waals surface area contributed by atoms with Gasteiger partial charge >= 0.3 is 5.97 Å². The molecule has 0 fully saturated rings. The number of carbonyl (C=O) groups excluding carboxylic acids is 1. The Bertz CT molecular complexity index is 158. The van der Waals surface area contributed by atoms with Crippen LogP contribution in [0.5, 0.6) is 0 Å². The number of esters is 1. The van der Waals surface area contributed by atoms with E-state index in [1.165, 1.54) is 26.4 Å². The molecule has 0 heterocycles. The summed E-state index contributed by atoms with van der Waals surface area (Å²) in [5, 5.41) is 0. The SMILES string of the molecule is C=C/C=C(/OC)C(=O)OC. The van der Waals surface area contributed by atoms with Gasteiger partial charge in [-0.3, -0.25) is 0 Å². The second kappa shape index (κ2) is 4.61. The highest BCUT2D eigenvalue weighted by Crippen LogP contribution is 1.97. The monoisotopic (exact) mass is 142 g/mol. The third-order valence-electron chi connectivity index (χ3n) is 0.876. The molecule has 56 valence electrons. The fourth-order valence-corrected chi connectivity index (χ4v) is 0.427. The first-order valence-corrected chi connectivity index (χ1v) is 2.71. The molecule has 0 spiro atoms. The number of allylic oxidation sites excluding steroid dienone is 2. The van der Waals surface area contributed by atoms with E-state index in [2.05, 4.69) is 16.1 Å². The summed E-state index contributed by atoms with van der Waals surface area (Å²) in [7, 11) is 2.69. The fraction of sp³-hybridized carbons (Fsp3) is 0.286. The first kappa shape index (κ1) is 8.75. The zero-order chi connectivity index (χ0) is 7.98. The summed E-state index contributed by atoms with van der Waals surface area (Å²) in [5.74, 6) is -0.347. The minimum atomic E-state index is -0.498. The Morgan fingerprint density at radius 1 is 1.40 bits per heavy atom. The maximum Gasteiger partial charge on any atom is 0.373 e. The van der Waals surface area contributed by atoms with Crippen molar-refractivity contribution in [2.24, 2.45) is 0 Å². The van der Waals surface area contributed by atoms with Crippen molar-refractivity contribution in [2.75, 3.05) is 14.2 Å². The second-order valence-electron chi connectivity index (χ2n) is 1.46. The fourth-order valence-electron chi connectivity index (χ4n) is 0.427. The summed E-state index contributed by atoms with van der Waals surface area (Å²) in [5.41, 5.74) is 0. The zero-order valence-corrected chi connectivity index (χ0v) is 6.09. The number of methoxy groups -OCH3 is 2. The highest BCUT2D eigenvalue weighted by molar-refractivity contribution is 5.86. The molecule has 0 N–H and O–H groups in total. The van der Waals surface area contributed by atoms with Gasteiger partial charge < -0.3 is 9.47 Å². The predicted molar refractivity (Wildman–Crippen MR) is 37.3 cm³/mol. The van der Waals surface area contributed by atoms with Crippen LogP contribution in [0.2, 0.25) is 0 Å². The number of hydrogen-bond donors (Lipinski definition) is 0. The molecule has 0 saturated heterocycles. The average molecular weight is 142 g/mol. The predicted octanol–water partition coefficient (Wildman–Crippen LogP) is 0.876. The zero-order valence-electron chi connectivity index (χ0n) is 6.09. The summed E-state index contributed by atoms with van der Waals surface area (Å²) in [4.78, 5) is 10.7. The molecule has 0 rings (SSSR count). The molecule has 0 unspecified atom stereocenters. The van der Waals surface area contributed by atoms with Crippen LogP contribution in [0.15, 0.2) is 24.5 Å². The Labute approximate surface area is 59.9 Å². The topological polar surface area (TPSA) is 35.5 Å². The van der Waals surface area contributed by atoms with Gasteiger partial charge in [-0.2, -0.15) is 0 Å². The summed E-state index contributed by atoms with van der Waals surface area (Å²) in [6, 6.07) is 0. The molecule has 10 heavy (non-hydrogen) atoms. The minimum absolute atomic E-state index is 0.150. The van der Waals surface area contributed by atoms with Crippen molar-refractivity contribution in [3.63, 3.8) is 0 Å². The van der Waals surface area contributed by atoms with E-state index in [0.29, 0.717) is 0 Å². The normalized spacial score (nSPS) is 10.4. The van der Waals surface area contributed by atoms with Crippen LogP contribution >= 0.6 is 0 Å². The van der Waals surface area contributed by atoms with E-state index in [9.17, 15) is 4.79 Å². The molecule has 3 nitrogen and oxygen atoms in total. The van der Waals surface area contributed by atoms with Gasteiger partial charge in [-0.05, 0) is 6.08 Å². The molecular formula is C7H10O3.